The van der Waals surface area contributed by atoms with Gasteiger partial charge in [0.05, 0.1) is 32.7 Å². The van der Waals surface area contributed by atoms with Crippen molar-refractivity contribution in [2.75, 3.05) is 7.11 Å². The van der Waals surface area contributed by atoms with Crippen LogP contribution in [0.1, 0.15) is 5.56 Å². The first kappa shape index (κ1) is 19.2. The highest BCUT2D eigenvalue weighted by Gasteiger charge is 2.25. The van der Waals surface area contributed by atoms with Crippen molar-refractivity contribution < 1.29 is 14.5 Å². The fraction of sp³-hybridized carbons (Fsp3) is 0.0588. The van der Waals surface area contributed by atoms with E-state index in [9.17, 15) is 14.9 Å². The van der Waals surface area contributed by atoms with Crippen molar-refractivity contribution in [2.24, 2.45) is 4.99 Å². The van der Waals surface area contributed by atoms with Crippen LogP contribution in [0.15, 0.2) is 46.3 Å². The molecule has 10 heteroatoms. The zero-order valence-corrected chi connectivity index (χ0v) is 16.1. The summed E-state index contributed by atoms with van der Waals surface area (Å²) in [4.78, 5) is 27.3. The van der Waals surface area contributed by atoms with Crippen molar-refractivity contribution in [3.63, 3.8) is 0 Å². The van der Waals surface area contributed by atoms with Crippen LogP contribution in [0.5, 0.6) is 5.75 Å². The van der Waals surface area contributed by atoms with E-state index in [1.54, 1.807) is 30.3 Å². The molecule has 1 heterocycles. The van der Waals surface area contributed by atoms with Gasteiger partial charge in [0.1, 0.15) is 0 Å². The number of ether oxygens (including phenoxy) is 1. The van der Waals surface area contributed by atoms with Gasteiger partial charge in [-0.3, -0.25) is 14.9 Å². The Bertz CT molecular complexity index is 1010. The summed E-state index contributed by atoms with van der Waals surface area (Å²) < 4.78 is 4.96. The number of amidine groups is 1. The Balaban J connectivity index is 1.89. The molecule has 0 unspecified atom stereocenters. The summed E-state index contributed by atoms with van der Waals surface area (Å²) in [6, 6.07) is 9.38. The van der Waals surface area contributed by atoms with E-state index in [1.165, 1.54) is 19.2 Å². The third-order valence-corrected chi connectivity index (χ3v) is 5.25. The second-order valence-electron chi connectivity index (χ2n) is 5.24. The maximum atomic E-state index is 12.2. The topological polar surface area (TPSA) is 93.8 Å². The number of halogens is 2. The minimum Gasteiger partial charge on any atom is -0.490 e. The SMILES string of the molecule is COc1ccc(N=C2NC(=O)/C(=C/c3cccc(Cl)c3Cl)S2)cc1[N+](=O)[O-]. The van der Waals surface area contributed by atoms with E-state index in [1.807, 2.05) is 0 Å². The maximum Gasteiger partial charge on any atom is 0.313 e. The Hall–Kier alpha value is -2.55. The molecule has 2 aromatic carbocycles. The molecule has 1 aliphatic heterocycles. The first-order valence-electron chi connectivity index (χ1n) is 7.45. The number of thioether (sulfide) groups is 1. The summed E-state index contributed by atoms with van der Waals surface area (Å²) in [6.45, 7) is 0. The highest BCUT2D eigenvalue weighted by atomic mass is 35.5. The number of carbonyl (C=O) groups is 1. The van der Waals surface area contributed by atoms with E-state index in [-0.39, 0.29) is 17.3 Å². The van der Waals surface area contributed by atoms with E-state index in [4.69, 9.17) is 27.9 Å². The van der Waals surface area contributed by atoms with Gasteiger partial charge in [-0.2, -0.15) is 0 Å². The molecular formula is C17H11Cl2N3O4S. The molecule has 1 fully saturated rings. The normalized spacial score (nSPS) is 16.6. The molecule has 0 aromatic heterocycles. The number of hydrogen-bond donors (Lipinski definition) is 1. The van der Waals surface area contributed by atoms with Gasteiger partial charge in [0.2, 0.25) is 0 Å². The van der Waals surface area contributed by atoms with Gasteiger partial charge in [0.25, 0.3) is 5.91 Å². The number of amides is 1. The van der Waals surface area contributed by atoms with E-state index in [0.717, 1.165) is 11.8 Å². The van der Waals surface area contributed by atoms with E-state index in [2.05, 4.69) is 10.3 Å². The Morgan fingerprint density at radius 2 is 2.07 bits per heavy atom. The Morgan fingerprint density at radius 3 is 2.78 bits per heavy atom. The second kappa shape index (κ2) is 7.99. The van der Waals surface area contributed by atoms with E-state index < -0.39 is 4.92 Å². The summed E-state index contributed by atoms with van der Waals surface area (Å²) in [6.07, 6.45) is 1.60. The molecular weight excluding hydrogens is 413 g/mol. The number of carbonyl (C=O) groups excluding carboxylic acids is 1. The fourth-order valence-corrected chi connectivity index (χ4v) is 3.46. The van der Waals surface area contributed by atoms with Gasteiger partial charge in [-0.15, -0.1) is 0 Å². The standard InChI is InChI=1S/C17H11Cl2N3O4S/c1-26-13-6-5-10(8-12(13)22(24)25)20-17-21-16(23)14(27-17)7-9-3-2-4-11(18)15(9)19/h2-8H,1H3,(H,20,21,23)/b14-7-. The molecule has 1 amide bonds. The monoisotopic (exact) mass is 423 g/mol. The van der Waals surface area contributed by atoms with E-state index >= 15 is 0 Å². The van der Waals surface area contributed by atoms with Gasteiger partial charge >= 0.3 is 5.69 Å². The molecule has 0 aliphatic carbocycles. The number of nitrogens with one attached hydrogen (secondary N) is 1. The Labute approximate surface area is 168 Å². The third-order valence-electron chi connectivity index (χ3n) is 3.51. The highest BCUT2D eigenvalue weighted by molar-refractivity contribution is 8.18. The van der Waals surface area contributed by atoms with Crippen molar-refractivity contribution in [2.45, 2.75) is 0 Å². The van der Waals surface area contributed by atoms with Crippen molar-refractivity contribution >= 4 is 63.5 Å². The molecule has 1 aliphatic rings. The summed E-state index contributed by atoms with van der Waals surface area (Å²) in [5.74, 6) is -0.221. The smallest absolute Gasteiger partial charge is 0.313 e. The molecule has 2 aromatic rings. The van der Waals surface area contributed by atoms with Crippen LogP contribution in [-0.2, 0) is 4.79 Å². The zero-order chi connectivity index (χ0) is 19.6. The number of methoxy groups -OCH3 is 1. The lowest BCUT2D eigenvalue weighted by Crippen LogP contribution is -2.19. The molecule has 0 bridgehead atoms. The molecule has 3 rings (SSSR count). The Morgan fingerprint density at radius 1 is 1.30 bits per heavy atom. The fourth-order valence-electron chi connectivity index (χ4n) is 2.26. The first-order chi connectivity index (χ1) is 12.9. The average Bonchev–Trinajstić information content (AvgIpc) is 2.98. The molecule has 0 spiro atoms. The van der Waals surface area contributed by atoms with Crippen molar-refractivity contribution in [3.05, 3.63) is 67.0 Å². The number of benzene rings is 2. The number of nitro groups is 1. The molecule has 1 N–H and O–H groups in total. The predicted octanol–water partition coefficient (Wildman–Crippen LogP) is 4.80. The third kappa shape index (κ3) is 4.24. The predicted molar refractivity (Wildman–Crippen MR) is 107 cm³/mol. The van der Waals surface area contributed by atoms with Crippen LogP contribution in [0.3, 0.4) is 0 Å². The minimum absolute atomic E-state index is 0.128. The number of nitro benzene ring substituents is 1. The van der Waals surface area contributed by atoms with Crippen LogP contribution >= 0.6 is 35.0 Å². The number of nitrogens with zero attached hydrogens (tertiary/aromatic N) is 2. The van der Waals surface area contributed by atoms with Crippen LogP contribution in [0.25, 0.3) is 6.08 Å². The van der Waals surface area contributed by atoms with Crippen LogP contribution in [0, 0.1) is 10.1 Å². The van der Waals surface area contributed by atoms with Gasteiger partial charge in [0, 0.05) is 6.07 Å². The molecule has 0 saturated carbocycles. The van der Waals surface area contributed by atoms with Gasteiger partial charge in [0.15, 0.2) is 10.9 Å². The Kier molecular flexibility index (Phi) is 5.69. The first-order valence-corrected chi connectivity index (χ1v) is 9.02. The molecule has 0 atom stereocenters. The average molecular weight is 424 g/mol. The van der Waals surface area contributed by atoms with Crippen LogP contribution in [0.4, 0.5) is 11.4 Å². The van der Waals surface area contributed by atoms with Crippen LogP contribution < -0.4 is 10.1 Å². The lowest BCUT2D eigenvalue weighted by Gasteiger charge is -2.02. The quantitative estimate of drug-likeness (QED) is 0.432. The summed E-state index contributed by atoms with van der Waals surface area (Å²) in [5, 5.41) is 14.7. The molecule has 7 nitrogen and oxygen atoms in total. The number of rotatable bonds is 4. The molecule has 138 valence electrons. The minimum atomic E-state index is -0.560. The summed E-state index contributed by atoms with van der Waals surface area (Å²) in [7, 11) is 1.35. The lowest BCUT2D eigenvalue weighted by atomic mass is 10.2. The van der Waals surface area contributed by atoms with Crippen molar-refractivity contribution in [1.29, 1.82) is 0 Å². The van der Waals surface area contributed by atoms with Gasteiger partial charge in [-0.1, -0.05) is 35.3 Å². The largest absolute Gasteiger partial charge is 0.490 e. The summed E-state index contributed by atoms with van der Waals surface area (Å²) >= 11 is 13.2. The highest BCUT2D eigenvalue weighted by Crippen LogP contribution is 2.34. The molecule has 27 heavy (non-hydrogen) atoms. The lowest BCUT2D eigenvalue weighted by molar-refractivity contribution is -0.385. The number of hydrogen-bond acceptors (Lipinski definition) is 6. The second-order valence-corrected chi connectivity index (χ2v) is 7.05. The summed E-state index contributed by atoms with van der Waals surface area (Å²) in [5.41, 5.74) is 0.700. The van der Waals surface area contributed by atoms with Crippen molar-refractivity contribution in [1.82, 2.24) is 5.32 Å². The maximum absolute atomic E-state index is 12.2. The molecule has 0 radical (unpaired) electrons. The van der Waals surface area contributed by atoms with Gasteiger partial charge < -0.3 is 10.1 Å². The van der Waals surface area contributed by atoms with Gasteiger partial charge in [-0.05, 0) is 41.6 Å². The number of aliphatic imine (C=N–C) groups is 1. The molecule has 1 saturated heterocycles. The van der Waals surface area contributed by atoms with Crippen LogP contribution in [0.2, 0.25) is 10.0 Å². The van der Waals surface area contributed by atoms with Gasteiger partial charge in [-0.25, -0.2) is 4.99 Å². The van der Waals surface area contributed by atoms with Crippen LogP contribution in [-0.4, -0.2) is 23.1 Å². The zero-order valence-electron chi connectivity index (χ0n) is 13.7. The van der Waals surface area contributed by atoms with Crippen molar-refractivity contribution in [3.8, 4) is 5.75 Å². The van der Waals surface area contributed by atoms with E-state index in [0.29, 0.717) is 31.4 Å².